The molecule has 1 aromatic rings. The van der Waals surface area contributed by atoms with Gasteiger partial charge in [-0.15, -0.1) is 0 Å². The first-order chi connectivity index (χ1) is 11.2. The summed E-state index contributed by atoms with van der Waals surface area (Å²) in [4.78, 5) is 31.9. The van der Waals surface area contributed by atoms with Crippen LogP contribution in [0, 0.1) is 0 Å². The van der Waals surface area contributed by atoms with Crippen molar-refractivity contribution in [3.05, 3.63) is 18.5 Å². The molecule has 2 heterocycles. The average molecular weight is 336 g/mol. The Kier molecular flexibility index (Phi) is 5.16. The van der Waals surface area contributed by atoms with Crippen molar-refractivity contribution in [2.24, 2.45) is 0 Å². The summed E-state index contributed by atoms with van der Waals surface area (Å²) in [5.74, 6) is -0.488. The number of pyridine rings is 1. The number of methoxy groups -OCH3 is 1. The highest BCUT2D eigenvalue weighted by Crippen LogP contribution is 2.25. The second-order valence-corrected chi connectivity index (χ2v) is 6.59. The molecule has 132 valence electrons. The first-order valence-electron chi connectivity index (χ1n) is 7.75. The number of hydrogen-bond donors (Lipinski definition) is 1. The molecule has 0 aliphatic carbocycles. The summed E-state index contributed by atoms with van der Waals surface area (Å²) in [6.45, 7) is 6.49. The van der Waals surface area contributed by atoms with Gasteiger partial charge in [0.05, 0.1) is 24.7 Å². The van der Waals surface area contributed by atoms with Crippen molar-refractivity contribution in [2.75, 3.05) is 37.4 Å². The van der Waals surface area contributed by atoms with Crippen LogP contribution in [0.15, 0.2) is 18.5 Å². The number of anilines is 2. The SMILES string of the molecule is COC(=O)[C@H]1CN(c2ccncc2N)CCN1C(=O)OC(C)(C)C. The number of nitrogen functional groups attached to an aromatic ring is 1. The zero-order valence-electron chi connectivity index (χ0n) is 14.5. The van der Waals surface area contributed by atoms with E-state index in [1.807, 2.05) is 4.90 Å². The minimum Gasteiger partial charge on any atom is -0.467 e. The number of rotatable bonds is 2. The molecular formula is C16H24N4O4. The van der Waals surface area contributed by atoms with Crippen LogP contribution >= 0.6 is 0 Å². The van der Waals surface area contributed by atoms with Crippen LogP contribution < -0.4 is 10.6 Å². The van der Waals surface area contributed by atoms with Crippen LogP contribution in [0.3, 0.4) is 0 Å². The van der Waals surface area contributed by atoms with Crippen molar-refractivity contribution >= 4 is 23.4 Å². The van der Waals surface area contributed by atoms with Gasteiger partial charge in [-0.25, -0.2) is 9.59 Å². The van der Waals surface area contributed by atoms with Crippen LogP contribution in [0.1, 0.15) is 20.8 Å². The molecule has 0 bridgehead atoms. The first kappa shape index (κ1) is 17.8. The molecule has 0 aromatic carbocycles. The molecule has 1 aromatic heterocycles. The summed E-state index contributed by atoms with van der Waals surface area (Å²) >= 11 is 0. The molecule has 1 fully saturated rings. The van der Waals surface area contributed by atoms with Crippen LogP contribution in [0.5, 0.6) is 0 Å². The minimum atomic E-state index is -0.758. The Morgan fingerprint density at radius 3 is 2.62 bits per heavy atom. The highest BCUT2D eigenvalue weighted by atomic mass is 16.6. The molecule has 2 N–H and O–H groups in total. The van der Waals surface area contributed by atoms with Gasteiger partial charge >= 0.3 is 12.1 Å². The second kappa shape index (κ2) is 6.94. The van der Waals surface area contributed by atoms with E-state index < -0.39 is 23.7 Å². The molecule has 8 heteroatoms. The van der Waals surface area contributed by atoms with Gasteiger partial charge in [0.15, 0.2) is 6.04 Å². The van der Waals surface area contributed by atoms with E-state index in [1.54, 1.807) is 39.2 Å². The summed E-state index contributed by atoms with van der Waals surface area (Å²) in [7, 11) is 1.30. The van der Waals surface area contributed by atoms with Gasteiger partial charge in [-0.2, -0.15) is 0 Å². The molecule has 1 amide bonds. The summed E-state index contributed by atoms with van der Waals surface area (Å²) < 4.78 is 10.2. The maximum atomic E-state index is 12.4. The van der Waals surface area contributed by atoms with E-state index in [0.717, 1.165) is 5.69 Å². The van der Waals surface area contributed by atoms with Crippen LogP contribution in [0.2, 0.25) is 0 Å². The Bertz CT molecular complexity index is 614. The van der Waals surface area contributed by atoms with Gasteiger partial charge < -0.3 is 20.1 Å². The molecule has 1 aliphatic rings. The van der Waals surface area contributed by atoms with Crippen molar-refractivity contribution in [1.82, 2.24) is 9.88 Å². The van der Waals surface area contributed by atoms with E-state index in [-0.39, 0.29) is 6.54 Å². The normalized spacial score (nSPS) is 18.2. The van der Waals surface area contributed by atoms with Crippen molar-refractivity contribution in [1.29, 1.82) is 0 Å². The summed E-state index contributed by atoms with van der Waals surface area (Å²) in [5.41, 5.74) is 6.62. The molecule has 0 spiro atoms. The van der Waals surface area contributed by atoms with Gasteiger partial charge in [-0.1, -0.05) is 0 Å². The zero-order valence-corrected chi connectivity index (χ0v) is 14.5. The molecule has 0 saturated carbocycles. The zero-order chi connectivity index (χ0) is 17.9. The predicted octanol–water partition coefficient (Wildman–Crippen LogP) is 1.26. The van der Waals surface area contributed by atoms with Gasteiger partial charge in [0.1, 0.15) is 5.60 Å². The lowest BCUT2D eigenvalue weighted by Gasteiger charge is -2.41. The van der Waals surface area contributed by atoms with Crippen molar-refractivity contribution < 1.29 is 19.1 Å². The molecule has 0 unspecified atom stereocenters. The molecule has 1 aliphatic heterocycles. The summed E-state index contributed by atoms with van der Waals surface area (Å²) in [6.07, 6.45) is 2.67. The average Bonchev–Trinajstić information content (AvgIpc) is 2.52. The van der Waals surface area contributed by atoms with E-state index in [1.165, 1.54) is 12.0 Å². The number of carbonyl (C=O) groups excluding carboxylic acids is 2. The maximum Gasteiger partial charge on any atom is 0.411 e. The van der Waals surface area contributed by atoms with Crippen molar-refractivity contribution in [3.63, 3.8) is 0 Å². The fraction of sp³-hybridized carbons (Fsp3) is 0.562. The minimum absolute atomic E-state index is 0.278. The molecule has 24 heavy (non-hydrogen) atoms. The predicted molar refractivity (Wildman–Crippen MR) is 89.6 cm³/mol. The van der Waals surface area contributed by atoms with E-state index in [0.29, 0.717) is 18.8 Å². The number of ether oxygens (including phenoxy) is 2. The van der Waals surface area contributed by atoms with Gasteiger partial charge in [-0.05, 0) is 26.8 Å². The number of esters is 1. The Morgan fingerprint density at radius 1 is 1.33 bits per heavy atom. The Balaban J connectivity index is 2.20. The van der Waals surface area contributed by atoms with Crippen LogP contribution in [-0.4, -0.2) is 60.3 Å². The van der Waals surface area contributed by atoms with Gasteiger partial charge in [0, 0.05) is 25.8 Å². The lowest BCUT2D eigenvalue weighted by Crippen LogP contribution is -2.59. The maximum absolute atomic E-state index is 12.4. The third-order valence-corrected chi connectivity index (χ3v) is 3.65. The van der Waals surface area contributed by atoms with Crippen LogP contribution in [-0.2, 0) is 14.3 Å². The smallest absolute Gasteiger partial charge is 0.411 e. The van der Waals surface area contributed by atoms with Gasteiger partial charge in [-0.3, -0.25) is 9.88 Å². The summed E-state index contributed by atoms with van der Waals surface area (Å²) in [6, 6.07) is 1.03. The highest BCUT2D eigenvalue weighted by molar-refractivity contribution is 5.83. The fourth-order valence-electron chi connectivity index (χ4n) is 2.57. The van der Waals surface area contributed by atoms with E-state index >= 15 is 0 Å². The highest BCUT2D eigenvalue weighted by Gasteiger charge is 2.38. The number of nitrogens with two attached hydrogens (primary N) is 1. The largest absolute Gasteiger partial charge is 0.467 e. The van der Waals surface area contributed by atoms with E-state index in [2.05, 4.69) is 4.98 Å². The number of carbonyl (C=O) groups is 2. The Morgan fingerprint density at radius 2 is 2.04 bits per heavy atom. The number of amides is 1. The molecule has 8 nitrogen and oxygen atoms in total. The molecule has 2 rings (SSSR count). The second-order valence-electron chi connectivity index (χ2n) is 6.59. The Labute approximate surface area is 141 Å². The van der Waals surface area contributed by atoms with Crippen LogP contribution in [0.25, 0.3) is 0 Å². The quantitative estimate of drug-likeness (QED) is 0.812. The van der Waals surface area contributed by atoms with Gasteiger partial charge in [0.2, 0.25) is 0 Å². The lowest BCUT2D eigenvalue weighted by molar-refractivity contribution is -0.147. The van der Waals surface area contributed by atoms with Crippen LogP contribution in [0.4, 0.5) is 16.2 Å². The van der Waals surface area contributed by atoms with E-state index in [4.69, 9.17) is 15.2 Å². The number of hydrogen-bond acceptors (Lipinski definition) is 7. The standard InChI is InChI=1S/C16H24N4O4/c1-16(2,3)24-15(22)20-8-7-19(10-13(20)14(21)23-4)12-5-6-18-9-11(12)17/h5-6,9,13H,7-8,10,17H2,1-4H3/t13-/m1/s1. The number of piperazine rings is 1. The number of nitrogens with zero attached hydrogens (tertiary/aromatic N) is 3. The topological polar surface area (TPSA) is 98.0 Å². The molecular weight excluding hydrogens is 312 g/mol. The van der Waals surface area contributed by atoms with Crippen molar-refractivity contribution in [3.8, 4) is 0 Å². The third-order valence-electron chi connectivity index (χ3n) is 3.65. The van der Waals surface area contributed by atoms with Crippen molar-refractivity contribution in [2.45, 2.75) is 32.4 Å². The fourth-order valence-corrected chi connectivity index (χ4v) is 2.57. The summed E-state index contributed by atoms with van der Waals surface area (Å²) in [5, 5.41) is 0. The molecule has 1 saturated heterocycles. The third kappa shape index (κ3) is 4.06. The molecule has 1 atom stereocenters. The molecule has 0 radical (unpaired) electrons. The van der Waals surface area contributed by atoms with E-state index in [9.17, 15) is 9.59 Å². The van der Waals surface area contributed by atoms with Gasteiger partial charge in [0.25, 0.3) is 0 Å². The monoisotopic (exact) mass is 336 g/mol. The first-order valence-corrected chi connectivity index (χ1v) is 7.75. The Hall–Kier alpha value is -2.51. The lowest BCUT2D eigenvalue weighted by atomic mass is 10.1. The number of aromatic nitrogens is 1.